The fraction of sp³-hybridized carbons (Fsp3) is 0.273. The van der Waals surface area contributed by atoms with Crippen molar-refractivity contribution in [3.8, 4) is 0 Å². The largest absolute Gasteiger partial charge is 0.294 e. The van der Waals surface area contributed by atoms with E-state index in [1.807, 2.05) is 19.1 Å². The zero-order valence-corrected chi connectivity index (χ0v) is 7.79. The molecular formula is C11H13NO. The molecule has 1 aromatic rings. The molecule has 0 aliphatic heterocycles. The molecule has 2 heteroatoms. The van der Waals surface area contributed by atoms with Crippen LogP contribution in [-0.2, 0) is 0 Å². The number of ketones is 1. The number of aromatic nitrogens is 1. The van der Waals surface area contributed by atoms with Crippen LogP contribution in [-0.4, -0.2) is 10.8 Å². The summed E-state index contributed by atoms with van der Waals surface area (Å²) in [5, 5.41) is 0. The Labute approximate surface area is 78.3 Å². The van der Waals surface area contributed by atoms with E-state index in [0.29, 0.717) is 12.0 Å². The highest BCUT2D eigenvalue weighted by Crippen LogP contribution is 2.05. The van der Waals surface area contributed by atoms with E-state index < -0.39 is 0 Å². The van der Waals surface area contributed by atoms with Crippen LogP contribution in [0.15, 0.2) is 31.0 Å². The van der Waals surface area contributed by atoms with Gasteiger partial charge in [-0.1, -0.05) is 6.08 Å². The summed E-state index contributed by atoms with van der Waals surface area (Å²) >= 11 is 0. The molecule has 0 unspecified atom stereocenters. The van der Waals surface area contributed by atoms with Crippen molar-refractivity contribution in [1.82, 2.24) is 4.98 Å². The zero-order chi connectivity index (χ0) is 9.68. The van der Waals surface area contributed by atoms with E-state index in [4.69, 9.17) is 0 Å². The van der Waals surface area contributed by atoms with Gasteiger partial charge in [0.1, 0.15) is 0 Å². The van der Waals surface area contributed by atoms with Crippen molar-refractivity contribution in [2.24, 2.45) is 0 Å². The fourth-order valence-corrected chi connectivity index (χ4v) is 1.01. The Morgan fingerprint density at radius 3 is 2.92 bits per heavy atom. The number of allylic oxidation sites excluding steroid dienone is 1. The minimum atomic E-state index is 0.132. The third-order valence-corrected chi connectivity index (χ3v) is 1.81. The topological polar surface area (TPSA) is 30.0 Å². The maximum Gasteiger partial charge on any atom is 0.164 e. The summed E-state index contributed by atoms with van der Waals surface area (Å²) < 4.78 is 0. The van der Waals surface area contributed by atoms with Crippen molar-refractivity contribution >= 4 is 5.78 Å². The van der Waals surface area contributed by atoms with Crippen molar-refractivity contribution in [3.05, 3.63) is 42.2 Å². The summed E-state index contributed by atoms with van der Waals surface area (Å²) in [5.41, 5.74) is 1.62. The maximum atomic E-state index is 11.4. The van der Waals surface area contributed by atoms with Crippen LogP contribution in [0.2, 0.25) is 0 Å². The van der Waals surface area contributed by atoms with E-state index in [9.17, 15) is 4.79 Å². The van der Waals surface area contributed by atoms with Gasteiger partial charge in [-0.05, 0) is 25.5 Å². The van der Waals surface area contributed by atoms with Gasteiger partial charge < -0.3 is 0 Å². The van der Waals surface area contributed by atoms with Crippen LogP contribution in [0.3, 0.4) is 0 Å². The first-order chi connectivity index (χ1) is 6.24. The zero-order valence-electron chi connectivity index (χ0n) is 7.79. The highest BCUT2D eigenvalue weighted by Gasteiger charge is 2.03. The van der Waals surface area contributed by atoms with Gasteiger partial charge >= 0.3 is 0 Å². The molecule has 0 bridgehead atoms. The smallest absolute Gasteiger partial charge is 0.164 e. The molecule has 2 nitrogen and oxygen atoms in total. The summed E-state index contributed by atoms with van der Waals surface area (Å²) in [4.78, 5) is 15.5. The summed E-state index contributed by atoms with van der Waals surface area (Å²) in [6.07, 6.45) is 4.63. The molecule has 13 heavy (non-hydrogen) atoms. The quantitative estimate of drug-likeness (QED) is 0.520. The van der Waals surface area contributed by atoms with E-state index in [-0.39, 0.29) is 5.78 Å². The Kier molecular flexibility index (Phi) is 3.38. The van der Waals surface area contributed by atoms with E-state index in [1.54, 1.807) is 12.3 Å². The van der Waals surface area contributed by atoms with Gasteiger partial charge in [0, 0.05) is 23.9 Å². The minimum Gasteiger partial charge on any atom is -0.294 e. The Morgan fingerprint density at radius 1 is 1.62 bits per heavy atom. The maximum absolute atomic E-state index is 11.4. The molecule has 1 aromatic heterocycles. The first kappa shape index (κ1) is 9.65. The molecule has 0 spiro atoms. The Hall–Kier alpha value is -1.44. The molecule has 0 saturated carbocycles. The second-order valence-corrected chi connectivity index (χ2v) is 2.94. The third kappa shape index (κ3) is 2.82. The second kappa shape index (κ2) is 4.55. The Balaban J connectivity index is 2.66. The van der Waals surface area contributed by atoms with Gasteiger partial charge in [-0.3, -0.25) is 9.78 Å². The van der Waals surface area contributed by atoms with Crippen LogP contribution in [0.4, 0.5) is 0 Å². The molecule has 0 atom stereocenters. The summed E-state index contributed by atoms with van der Waals surface area (Å²) in [5.74, 6) is 0.132. The number of Topliss-reactive ketones (excluding diaryl/α,β-unsaturated/α-hetero) is 1. The first-order valence-electron chi connectivity index (χ1n) is 4.31. The van der Waals surface area contributed by atoms with Gasteiger partial charge in [-0.2, -0.15) is 0 Å². The average molecular weight is 175 g/mol. The molecule has 0 N–H and O–H groups in total. The van der Waals surface area contributed by atoms with Crippen molar-refractivity contribution in [1.29, 1.82) is 0 Å². The fourth-order valence-electron chi connectivity index (χ4n) is 1.01. The Bertz CT molecular complexity index is 300. The number of nitrogens with zero attached hydrogens (tertiary/aromatic N) is 1. The van der Waals surface area contributed by atoms with Gasteiger partial charge in [0.2, 0.25) is 0 Å². The molecule has 0 fully saturated rings. The molecule has 0 aliphatic rings. The summed E-state index contributed by atoms with van der Waals surface area (Å²) in [7, 11) is 0. The molecule has 0 saturated heterocycles. The number of rotatable bonds is 4. The monoisotopic (exact) mass is 175 g/mol. The van der Waals surface area contributed by atoms with E-state index in [1.165, 1.54) is 0 Å². The lowest BCUT2D eigenvalue weighted by atomic mass is 10.1. The number of hydrogen-bond donors (Lipinski definition) is 0. The SMILES string of the molecule is C=CCCC(=O)c1ccc(C)nc1. The summed E-state index contributed by atoms with van der Waals surface area (Å²) in [6, 6.07) is 3.66. The van der Waals surface area contributed by atoms with Gasteiger partial charge in [0.05, 0.1) is 0 Å². The van der Waals surface area contributed by atoms with E-state index in [2.05, 4.69) is 11.6 Å². The number of carbonyl (C=O) groups is 1. The Morgan fingerprint density at radius 2 is 2.38 bits per heavy atom. The van der Waals surface area contributed by atoms with Gasteiger partial charge in [-0.25, -0.2) is 0 Å². The molecule has 68 valence electrons. The van der Waals surface area contributed by atoms with E-state index >= 15 is 0 Å². The molecule has 0 radical (unpaired) electrons. The summed E-state index contributed by atoms with van der Waals surface area (Å²) in [6.45, 7) is 5.47. The van der Waals surface area contributed by atoms with Crippen LogP contribution in [0.5, 0.6) is 0 Å². The standard InChI is InChI=1S/C11H13NO/c1-3-4-5-11(13)10-7-6-9(2)12-8-10/h3,6-8H,1,4-5H2,2H3. The first-order valence-corrected chi connectivity index (χ1v) is 4.31. The van der Waals surface area contributed by atoms with Crippen molar-refractivity contribution < 1.29 is 4.79 Å². The van der Waals surface area contributed by atoms with Gasteiger partial charge in [0.15, 0.2) is 5.78 Å². The number of hydrogen-bond acceptors (Lipinski definition) is 2. The lowest BCUT2D eigenvalue weighted by molar-refractivity contribution is 0.0983. The number of aryl methyl sites for hydroxylation is 1. The lowest BCUT2D eigenvalue weighted by Crippen LogP contribution is -1.99. The highest BCUT2D eigenvalue weighted by molar-refractivity contribution is 5.95. The predicted molar refractivity (Wildman–Crippen MR) is 52.7 cm³/mol. The molecule has 0 aromatic carbocycles. The van der Waals surface area contributed by atoms with Gasteiger partial charge in [-0.15, -0.1) is 6.58 Å². The van der Waals surface area contributed by atoms with Crippen molar-refractivity contribution in [2.45, 2.75) is 19.8 Å². The predicted octanol–water partition coefficient (Wildman–Crippen LogP) is 2.54. The van der Waals surface area contributed by atoms with Crippen LogP contribution < -0.4 is 0 Å². The lowest BCUT2D eigenvalue weighted by Gasteiger charge is -1.98. The van der Waals surface area contributed by atoms with Crippen molar-refractivity contribution in [3.63, 3.8) is 0 Å². The van der Waals surface area contributed by atoms with E-state index in [0.717, 1.165) is 12.1 Å². The number of carbonyl (C=O) groups excluding carboxylic acids is 1. The minimum absolute atomic E-state index is 0.132. The molecule has 0 amide bonds. The van der Waals surface area contributed by atoms with Crippen LogP contribution in [0.1, 0.15) is 28.9 Å². The van der Waals surface area contributed by atoms with Crippen LogP contribution in [0.25, 0.3) is 0 Å². The second-order valence-electron chi connectivity index (χ2n) is 2.94. The molecule has 1 heterocycles. The molecule has 1 rings (SSSR count). The van der Waals surface area contributed by atoms with Crippen LogP contribution >= 0.6 is 0 Å². The average Bonchev–Trinajstić information content (AvgIpc) is 2.15. The normalized spacial score (nSPS) is 9.62. The third-order valence-electron chi connectivity index (χ3n) is 1.81. The number of pyridine rings is 1. The highest BCUT2D eigenvalue weighted by atomic mass is 16.1. The molecular weight excluding hydrogens is 162 g/mol. The molecule has 0 aliphatic carbocycles. The van der Waals surface area contributed by atoms with Crippen LogP contribution in [0, 0.1) is 6.92 Å². The van der Waals surface area contributed by atoms with Gasteiger partial charge in [0.25, 0.3) is 0 Å². The van der Waals surface area contributed by atoms with Crippen molar-refractivity contribution in [2.75, 3.05) is 0 Å².